The normalized spacial score (nSPS) is 11.0. The van der Waals surface area contributed by atoms with Gasteiger partial charge < -0.3 is 9.47 Å². The van der Waals surface area contributed by atoms with Crippen LogP contribution in [0.4, 0.5) is 0 Å². The molecule has 0 N–H and O–H groups in total. The number of ether oxygens (including phenoxy) is 2. The average molecular weight is 363 g/mol. The van der Waals surface area contributed by atoms with Crippen molar-refractivity contribution >= 4 is 22.4 Å². The molecule has 0 atom stereocenters. The minimum absolute atomic E-state index is 0.760. The summed E-state index contributed by atoms with van der Waals surface area (Å²) < 4.78 is 11.9. The molecule has 0 saturated carbocycles. The quantitative estimate of drug-likeness (QED) is 0.306. The Kier molecular flexibility index (Phi) is 8.96. The first-order valence-electron chi connectivity index (χ1n) is 9.67. The Morgan fingerprint density at radius 3 is 2.40 bits per heavy atom. The molecule has 0 aliphatic heterocycles. The van der Waals surface area contributed by atoms with Crippen LogP contribution in [0.15, 0.2) is 30.3 Å². The summed E-state index contributed by atoms with van der Waals surface area (Å²) in [4.78, 5) is 0. The monoisotopic (exact) mass is 362 g/mol. The van der Waals surface area contributed by atoms with Crippen LogP contribution in [-0.2, 0) is 6.42 Å². The smallest absolute Gasteiger partial charge is 0.123 e. The third kappa shape index (κ3) is 6.11. The Hall–Kier alpha value is -1.41. The predicted molar refractivity (Wildman–Crippen MR) is 108 cm³/mol. The number of rotatable bonds is 12. The predicted octanol–water partition coefficient (Wildman–Crippen LogP) is 6.76. The Morgan fingerprint density at radius 2 is 1.64 bits per heavy atom. The lowest BCUT2D eigenvalue weighted by atomic mass is 10.0. The first-order valence-corrected chi connectivity index (χ1v) is 10.2. The molecule has 2 aromatic rings. The SMILES string of the molecule is CCCCOc1ccc2c(CC)c(OCCCCCCCl)ccc2c1. The summed E-state index contributed by atoms with van der Waals surface area (Å²) >= 11 is 5.71. The zero-order valence-electron chi connectivity index (χ0n) is 15.7. The fraction of sp³-hybridized carbons (Fsp3) is 0.545. The topological polar surface area (TPSA) is 18.5 Å². The van der Waals surface area contributed by atoms with Crippen LogP contribution >= 0.6 is 11.6 Å². The molecule has 3 heteroatoms. The molecular weight excluding hydrogens is 332 g/mol. The van der Waals surface area contributed by atoms with E-state index >= 15 is 0 Å². The molecule has 2 aromatic carbocycles. The van der Waals surface area contributed by atoms with Gasteiger partial charge in [-0.3, -0.25) is 0 Å². The van der Waals surface area contributed by atoms with Crippen molar-refractivity contribution in [2.24, 2.45) is 0 Å². The van der Waals surface area contributed by atoms with E-state index < -0.39 is 0 Å². The molecule has 0 fully saturated rings. The molecule has 2 rings (SSSR count). The van der Waals surface area contributed by atoms with Crippen LogP contribution in [-0.4, -0.2) is 19.1 Å². The van der Waals surface area contributed by atoms with Crippen LogP contribution in [0, 0.1) is 0 Å². The lowest BCUT2D eigenvalue weighted by Gasteiger charge is -2.14. The highest BCUT2D eigenvalue weighted by Gasteiger charge is 2.08. The molecule has 25 heavy (non-hydrogen) atoms. The maximum Gasteiger partial charge on any atom is 0.123 e. The van der Waals surface area contributed by atoms with Gasteiger partial charge in [0, 0.05) is 11.4 Å². The van der Waals surface area contributed by atoms with Gasteiger partial charge in [-0.2, -0.15) is 0 Å². The van der Waals surface area contributed by atoms with E-state index in [2.05, 4.69) is 44.2 Å². The first kappa shape index (κ1) is 19.9. The maximum absolute atomic E-state index is 6.06. The Bertz CT molecular complexity index is 639. The second-order valence-electron chi connectivity index (χ2n) is 6.43. The van der Waals surface area contributed by atoms with Crippen molar-refractivity contribution < 1.29 is 9.47 Å². The van der Waals surface area contributed by atoms with E-state index in [0.29, 0.717) is 0 Å². The van der Waals surface area contributed by atoms with E-state index in [-0.39, 0.29) is 0 Å². The fourth-order valence-electron chi connectivity index (χ4n) is 3.01. The zero-order valence-corrected chi connectivity index (χ0v) is 16.4. The summed E-state index contributed by atoms with van der Waals surface area (Å²) in [5.41, 5.74) is 1.29. The number of fused-ring (bicyclic) bond motifs is 1. The Balaban J connectivity index is 2.02. The lowest BCUT2D eigenvalue weighted by Crippen LogP contribution is -2.01. The molecule has 0 aliphatic carbocycles. The van der Waals surface area contributed by atoms with Crippen LogP contribution in [0.3, 0.4) is 0 Å². The lowest BCUT2D eigenvalue weighted by molar-refractivity contribution is 0.303. The molecular formula is C22H31ClO2. The Labute approximate surface area is 157 Å². The fourth-order valence-corrected chi connectivity index (χ4v) is 3.20. The second kappa shape index (κ2) is 11.3. The number of unbranched alkanes of at least 4 members (excludes halogenated alkanes) is 4. The largest absolute Gasteiger partial charge is 0.494 e. The van der Waals surface area contributed by atoms with Gasteiger partial charge in [0.15, 0.2) is 0 Å². The number of hydrogen-bond donors (Lipinski definition) is 0. The summed E-state index contributed by atoms with van der Waals surface area (Å²) in [6, 6.07) is 10.6. The van der Waals surface area contributed by atoms with Crippen molar-refractivity contribution in [2.75, 3.05) is 19.1 Å². The summed E-state index contributed by atoms with van der Waals surface area (Å²) in [5.74, 6) is 2.73. The van der Waals surface area contributed by atoms with Crippen molar-refractivity contribution in [1.82, 2.24) is 0 Å². The van der Waals surface area contributed by atoms with E-state index in [1.165, 1.54) is 29.2 Å². The molecule has 0 spiro atoms. The molecule has 0 radical (unpaired) electrons. The van der Waals surface area contributed by atoms with Crippen molar-refractivity contribution in [3.05, 3.63) is 35.9 Å². The number of hydrogen-bond acceptors (Lipinski definition) is 2. The maximum atomic E-state index is 6.06. The van der Waals surface area contributed by atoms with Gasteiger partial charge in [-0.1, -0.05) is 45.2 Å². The zero-order chi connectivity index (χ0) is 17.9. The van der Waals surface area contributed by atoms with Crippen molar-refractivity contribution in [1.29, 1.82) is 0 Å². The molecule has 0 unspecified atom stereocenters. The highest BCUT2D eigenvalue weighted by molar-refractivity contribution is 6.17. The van der Waals surface area contributed by atoms with Crippen LogP contribution < -0.4 is 9.47 Å². The van der Waals surface area contributed by atoms with Gasteiger partial charge in [-0.25, -0.2) is 0 Å². The van der Waals surface area contributed by atoms with Gasteiger partial charge in [0.05, 0.1) is 13.2 Å². The molecule has 0 bridgehead atoms. The molecule has 0 saturated heterocycles. The van der Waals surface area contributed by atoms with Crippen molar-refractivity contribution in [2.45, 2.75) is 58.8 Å². The third-order valence-electron chi connectivity index (χ3n) is 4.47. The van der Waals surface area contributed by atoms with Gasteiger partial charge in [-0.15, -0.1) is 11.6 Å². The van der Waals surface area contributed by atoms with Crippen LogP contribution in [0.25, 0.3) is 10.8 Å². The Morgan fingerprint density at radius 1 is 0.840 bits per heavy atom. The van der Waals surface area contributed by atoms with Gasteiger partial charge in [0.25, 0.3) is 0 Å². The summed E-state index contributed by atoms with van der Waals surface area (Å²) in [6.45, 7) is 5.93. The number of benzene rings is 2. The summed E-state index contributed by atoms with van der Waals surface area (Å²) in [6.07, 6.45) is 7.76. The van der Waals surface area contributed by atoms with Crippen LogP contribution in [0.1, 0.15) is 57.9 Å². The molecule has 0 aromatic heterocycles. The summed E-state index contributed by atoms with van der Waals surface area (Å²) in [5, 5.41) is 2.49. The minimum Gasteiger partial charge on any atom is -0.494 e. The summed E-state index contributed by atoms with van der Waals surface area (Å²) in [7, 11) is 0. The third-order valence-corrected chi connectivity index (χ3v) is 4.73. The number of aryl methyl sites for hydroxylation is 1. The van der Waals surface area contributed by atoms with Crippen molar-refractivity contribution in [3.63, 3.8) is 0 Å². The van der Waals surface area contributed by atoms with E-state index in [4.69, 9.17) is 21.1 Å². The van der Waals surface area contributed by atoms with Crippen LogP contribution in [0.2, 0.25) is 0 Å². The van der Waals surface area contributed by atoms with Crippen LogP contribution in [0.5, 0.6) is 11.5 Å². The number of halogens is 1. The molecule has 2 nitrogen and oxygen atoms in total. The second-order valence-corrected chi connectivity index (χ2v) is 6.81. The van der Waals surface area contributed by atoms with Crippen molar-refractivity contribution in [3.8, 4) is 11.5 Å². The van der Waals surface area contributed by atoms with Gasteiger partial charge >= 0.3 is 0 Å². The minimum atomic E-state index is 0.760. The van der Waals surface area contributed by atoms with E-state index in [0.717, 1.165) is 62.7 Å². The highest BCUT2D eigenvalue weighted by Crippen LogP contribution is 2.31. The molecule has 138 valence electrons. The molecule has 0 amide bonds. The average Bonchev–Trinajstić information content (AvgIpc) is 2.64. The van der Waals surface area contributed by atoms with Gasteiger partial charge in [0.2, 0.25) is 0 Å². The van der Waals surface area contributed by atoms with Gasteiger partial charge in [-0.05, 0) is 54.7 Å². The highest BCUT2D eigenvalue weighted by atomic mass is 35.5. The van der Waals surface area contributed by atoms with E-state index in [9.17, 15) is 0 Å². The van der Waals surface area contributed by atoms with E-state index in [1.807, 2.05) is 0 Å². The number of alkyl halides is 1. The first-order chi connectivity index (χ1) is 12.3. The standard InChI is InChI=1S/C22H31ClO2/c1-3-5-15-24-19-11-12-21-18(17-19)10-13-22(20(21)4-2)25-16-9-7-6-8-14-23/h10-13,17H,3-9,14-16H2,1-2H3. The molecule has 0 heterocycles. The van der Waals surface area contributed by atoms with Gasteiger partial charge in [0.1, 0.15) is 11.5 Å². The molecule has 0 aliphatic rings. The van der Waals surface area contributed by atoms with E-state index in [1.54, 1.807) is 0 Å².